The minimum atomic E-state index is -1.47. The summed E-state index contributed by atoms with van der Waals surface area (Å²) in [6, 6.07) is 5.50. The van der Waals surface area contributed by atoms with E-state index in [-0.39, 0.29) is 0 Å². The molecular formula is C17H29BO3. The normalized spacial score (nSPS) is 10.7. The zero-order valence-corrected chi connectivity index (χ0v) is 13.5. The van der Waals surface area contributed by atoms with Crippen LogP contribution in [0.4, 0.5) is 0 Å². The molecule has 0 saturated carbocycles. The Kier molecular flexibility index (Phi) is 9.19. The van der Waals surface area contributed by atoms with Crippen molar-refractivity contribution in [3.63, 3.8) is 0 Å². The zero-order chi connectivity index (χ0) is 15.5. The predicted octanol–water partition coefficient (Wildman–Crippen LogP) is 3.19. The SMILES string of the molecule is CCCCCCCCCCOc1ccc(C)cc1B(O)O. The summed E-state index contributed by atoms with van der Waals surface area (Å²) < 4.78 is 5.68. The van der Waals surface area contributed by atoms with Gasteiger partial charge in [-0.05, 0) is 19.4 Å². The van der Waals surface area contributed by atoms with Crippen LogP contribution in [-0.4, -0.2) is 23.8 Å². The maximum Gasteiger partial charge on any atom is 0.492 e. The topological polar surface area (TPSA) is 49.7 Å². The van der Waals surface area contributed by atoms with E-state index < -0.39 is 7.12 Å². The molecule has 0 amide bonds. The summed E-state index contributed by atoms with van der Waals surface area (Å²) >= 11 is 0. The summed E-state index contributed by atoms with van der Waals surface area (Å²) in [6.07, 6.45) is 10.1. The monoisotopic (exact) mass is 292 g/mol. The summed E-state index contributed by atoms with van der Waals surface area (Å²) in [4.78, 5) is 0. The van der Waals surface area contributed by atoms with Gasteiger partial charge >= 0.3 is 7.12 Å². The Labute approximate surface area is 129 Å². The van der Waals surface area contributed by atoms with E-state index in [4.69, 9.17) is 4.74 Å². The molecule has 0 aliphatic carbocycles. The van der Waals surface area contributed by atoms with Crippen molar-refractivity contribution >= 4 is 12.6 Å². The molecule has 3 nitrogen and oxygen atoms in total. The molecule has 4 heteroatoms. The van der Waals surface area contributed by atoms with Crippen LogP contribution < -0.4 is 10.2 Å². The lowest BCUT2D eigenvalue weighted by Gasteiger charge is -2.12. The van der Waals surface area contributed by atoms with Gasteiger partial charge in [-0.1, -0.05) is 69.6 Å². The van der Waals surface area contributed by atoms with Gasteiger partial charge in [0, 0.05) is 5.46 Å². The second-order valence-electron chi connectivity index (χ2n) is 5.74. The first-order valence-electron chi connectivity index (χ1n) is 8.24. The van der Waals surface area contributed by atoms with E-state index in [0.29, 0.717) is 17.8 Å². The molecule has 0 spiro atoms. The van der Waals surface area contributed by atoms with E-state index in [1.54, 1.807) is 6.07 Å². The molecule has 1 aromatic carbocycles. The van der Waals surface area contributed by atoms with Gasteiger partial charge in [0.25, 0.3) is 0 Å². The molecule has 0 heterocycles. The van der Waals surface area contributed by atoms with Crippen LogP contribution in [0.15, 0.2) is 18.2 Å². The Morgan fingerprint density at radius 2 is 1.57 bits per heavy atom. The summed E-state index contributed by atoms with van der Waals surface area (Å²) in [5.74, 6) is 0.582. The van der Waals surface area contributed by atoms with Crippen LogP contribution in [0.1, 0.15) is 63.9 Å². The number of benzene rings is 1. The number of hydrogen-bond acceptors (Lipinski definition) is 3. The first-order valence-corrected chi connectivity index (χ1v) is 8.24. The molecule has 0 fully saturated rings. The molecule has 21 heavy (non-hydrogen) atoms. The Morgan fingerprint density at radius 1 is 0.952 bits per heavy atom. The first-order chi connectivity index (χ1) is 10.1. The van der Waals surface area contributed by atoms with Crippen molar-refractivity contribution in [3.05, 3.63) is 23.8 Å². The molecule has 0 aliphatic heterocycles. The second kappa shape index (κ2) is 10.7. The van der Waals surface area contributed by atoms with Gasteiger partial charge < -0.3 is 14.8 Å². The lowest BCUT2D eigenvalue weighted by Crippen LogP contribution is -2.31. The second-order valence-corrected chi connectivity index (χ2v) is 5.74. The molecule has 2 N–H and O–H groups in total. The summed E-state index contributed by atoms with van der Waals surface area (Å²) in [7, 11) is -1.47. The Morgan fingerprint density at radius 3 is 2.19 bits per heavy atom. The molecule has 0 saturated heterocycles. The third kappa shape index (κ3) is 7.54. The maximum absolute atomic E-state index is 9.35. The van der Waals surface area contributed by atoms with Gasteiger partial charge in [0.15, 0.2) is 0 Å². The quantitative estimate of drug-likeness (QED) is 0.486. The molecular weight excluding hydrogens is 263 g/mol. The van der Waals surface area contributed by atoms with Crippen molar-refractivity contribution in [2.45, 2.75) is 65.2 Å². The van der Waals surface area contributed by atoms with Crippen LogP contribution >= 0.6 is 0 Å². The smallest absolute Gasteiger partial charge is 0.492 e. The average molecular weight is 292 g/mol. The molecule has 1 rings (SSSR count). The summed E-state index contributed by atoms with van der Waals surface area (Å²) in [6.45, 7) is 4.80. The van der Waals surface area contributed by atoms with Crippen molar-refractivity contribution in [3.8, 4) is 5.75 Å². The number of aryl methyl sites for hydroxylation is 1. The lowest BCUT2D eigenvalue weighted by molar-refractivity contribution is 0.304. The van der Waals surface area contributed by atoms with E-state index >= 15 is 0 Å². The molecule has 0 aromatic heterocycles. The number of unbranched alkanes of at least 4 members (excludes halogenated alkanes) is 7. The van der Waals surface area contributed by atoms with E-state index in [1.165, 1.54) is 44.9 Å². The predicted molar refractivity (Wildman–Crippen MR) is 89.1 cm³/mol. The van der Waals surface area contributed by atoms with Gasteiger partial charge in [0.05, 0.1) is 6.61 Å². The molecule has 1 aromatic rings. The zero-order valence-electron chi connectivity index (χ0n) is 13.5. The maximum atomic E-state index is 9.35. The van der Waals surface area contributed by atoms with Crippen LogP contribution in [0, 0.1) is 6.92 Å². The van der Waals surface area contributed by atoms with Crippen molar-refractivity contribution in [2.75, 3.05) is 6.61 Å². The van der Waals surface area contributed by atoms with Crippen LogP contribution in [0.25, 0.3) is 0 Å². The molecule has 0 unspecified atom stereocenters. The fourth-order valence-electron chi connectivity index (χ4n) is 2.42. The minimum Gasteiger partial charge on any atom is -0.494 e. The van der Waals surface area contributed by atoms with E-state index in [9.17, 15) is 10.0 Å². The van der Waals surface area contributed by atoms with Gasteiger partial charge in [-0.2, -0.15) is 0 Å². The van der Waals surface area contributed by atoms with Crippen LogP contribution in [0.3, 0.4) is 0 Å². The number of rotatable bonds is 11. The average Bonchev–Trinajstić information content (AvgIpc) is 2.46. The van der Waals surface area contributed by atoms with Gasteiger partial charge in [-0.3, -0.25) is 0 Å². The highest BCUT2D eigenvalue weighted by Crippen LogP contribution is 2.12. The summed E-state index contributed by atoms with van der Waals surface area (Å²) in [5.41, 5.74) is 1.45. The fourth-order valence-corrected chi connectivity index (χ4v) is 2.42. The third-order valence-corrected chi connectivity index (χ3v) is 3.70. The Balaban J connectivity index is 2.18. The van der Waals surface area contributed by atoms with Crippen molar-refractivity contribution in [2.24, 2.45) is 0 Å². The van der Waals surface area contributed by atoms with Crippen molar-refractivity contribution < 1.29 is 14.8 Å². The Bertz CT molecular complexity index is 394. The van der Waals surface area contributed by atoms with Crippen LogP contribution in [-0.2, 0) is 0 Å². The van der Waals surface area contributed by atoms with E-state index in [0.717, 1.165) is 12.0 Å². The number of ether oxygens (including phenoxy) is 1. The van der Waals surface area contributed by atoms with Crippen molar-refractivity contribution in [1.29, 1.82) is 0 Å². The van der Waals surface area contributed by atoms with Crippen LogP contribution in [0.5, 0.6) is 5.75 Å². The fraction of sp³-hybridized carbons (Fsp3) is 0.647. The Hall–Kier alpha value is -0.995. The third-order valence-electron chi connectivity index (χ3n) is 3.70. The first kappa shape index (κ1) is 18.1. The molecule has 118 valence electrons. The van der Waals surface area contributed by atoms with Gasteiger partial charge in [0.1, 0.15) is 5.75 Å². The number of hydrogen-bond donors (Lipinski definition) is 2. The largest absolute Gasteiger partial charge is 0.494 e. The van der Waals surface area contributed by atoms with Gasteiger partial charge in [-0.25, -0.2) is 0 Å². The van der Waals surface area contributed by atoms with Crippen LogP contribution in [0.2, 0.25) is 0 Å². The summed E-state index contributed by atoms with van der Waals surface area (Å²) in [5, 5.41) is 18.7. The van der Waals surface area contributed by atoms with Gasteiger partial charge in [-0.15, -0.1) is 0 Å². The highest BCUT2D eigenvalue weighted by Gasteiger charge is 2.17. The lowest BCUT2D eigenvalue weighted by atomic mass is 9.79. The molecule has 0 radical (unpaired) electrons. The highest BCUT2D eigenvalue weighted by atomic mass is 16.5. The van der Waals surface area contributed by atoms with E-state index in [1.807, 2.05) is 19.1 Å². The van der Waals surface area contributed by atoms with Gasteiger partial charge in [0.2, 0.25) is 0 Å². The van der Waals surface area contributed by atoms with Crippen molar-refractivity contribution in [1.82, 2.24) is 0 Å². The molecule has 0 atom stereocenters. The molecule has 0 bridgehead atoms. The minimum absolute atomic E-state index is 0.453. The molecule has 0 aliphatic rings. The van der Waals surface area contributed by atoms with E-state index in [2.05, 4.69) is 6.92 Å². The highest BCUT2D eigenvalue weighted by molar-refractivity contribution is 6.59. The standard InChI is InChI=1S/C17H29BO3/c1-3-4-5-6-7-8-9-10-13-21-17-12-11-15(2)14-16(17)18(19)20/h11-12,14,19-20H,3-10,13H2,1-2H3.